The fraction of sp³-hybridized carbons (Fsp3) is 0.143. The minimum atomic E-state index is -0.434. The van der Waals surface area contributed by atoms with E-state index in [4.69, 9.17) is 28.9 Å². The molecule has 1 unspecified atom stereocenters. The summed E-state index contributed by atoms with van der Waals surface area (Å²) in [6.07, 6.45) is 0.393. The topological polar surface area (TPSA) is 26.0 Å². The molecule has 2 N–H and O–H groups in total. The Balaban J connectivity index is 2.23. The Kier molecular flexibility index (Phi) is 4.40. The predicted octanol–water partition coefficient (Wildman–Crippen LogP) is 4.51. The lowest BCUT2D eigenvalue weighted by Gasteiger charge is -2.14. The highest BCUT2D eigenvalue weighted by atomic mass is 35.5. The molecule has 0 aliphatic heterocycles. The van der Waals surface area contributed by atoms with Gasteiger partial charge in [0.1, 0.15) is 11.6 Å². The van der Waals surface area contributed by atoms with Gasteiger partial charge in [-0.05, 0) is 41.8 Å². The van der Waals surface area contributed by atoms with Gasteiger partial charge < -0.3 is 5.73 Å². The van der Waals surface area contributed by atoms with E-state index in [0.717, 1.165) is 5.56 Å². The highest BCUT2D eigenvalue weighted by Gasteiger charge is 2.13. The van der Waals surface area contributed by atoms with Gasteiger partial charge in [0, 0.05) is 16.1 Å². The quantitative estimate of drug-likeness (QED) is 0.886. The van der Waals surface area contributed by atoms with Crippen LogP contribution >= 0.6 is 23.2 Å². The van der Waals surface area contributed by atoms with Crippen LogP contribution in [-0.2, 0) is 6.42 Å². The second-order valence-electron chi connectivity index (χ2n) is 4.21. The van der Waals surface area contributed by atoms with Crippen molar-refractivity contribution < 1.29 is 8.78 Å². The molecular formula is C14H11Cl2F2N. The zero-order chi connectivity index (χ0) is 14.0. The summed E-state index contributed by atoms with van der Waals surface area (Å²) in [5, 5.41) is 0.583. The van der Waals surface area contributed by atoms with Crippen molar-refractivity contribution in [3.63, 3.8) is 0 Å². The van der Waals surface area contributed by atoms with Crippen LogP contribution in [0.5, 0.6) is 0 Å². The van der Waals surface area contributed by atoms with Gasteiger partial charge in [-0.25, -0.2) is 8.78 Å². The fourth-order valence-electron chi connectivity index (χ4n) is 1.84. The van der Waals surface area contributed by atoms with Crippen molar-refractivity contribution in [1.29, 1.82) is 0 Å². The Labute approximate surface area is 119 Å². The van der Waals surface area contributed by atoms with Crippen molar-refractivity contribution in [3.8, 4) is 0 Å². The van der Waals surface area contributed by atoms with Crippen LogP contribution in [0.3, 0.4) is 0 Å². The average molecular weight is 302 g/mol. The standard InChI is InChI=1S/C14H11Cl2F2N/c15-12-6-9(17)2-1-8(12)5-14(19)11-4-3-10(18)7-13(11)16/h1-4,6-7,14H,5,19H2. The first kappa shape index (κ1) is 14.3. The van der Waals surface area contributed by atoms with Crippen molar-refractivity contribution in [3.05, 3.63) is 69.2 Å². The molecule has 0 saturated carbocycles. The predicted molar refractivity (Wildman–Crippen MR) is 73.5 cm³/mol. The average Bonchev–Trinajstić information content (AvgIpc) is 2.32. The fourth-order valence-corrected chi connectivity index (χ4v) is 2.39. The third-order valence-corrected chi connectivity index (χ3v) is 3.50. The lowest BCUT2D eigenvalue weighted by molar-refractivity contribution is 0.622. The van der Waals surface area contributed by atoms with E-state index in [1.807, 2.05) is 0 Å². The minimum Gasteiger partial charge on any atom is -0.324 e. The van der Waals surface area contributed by atoms with Gasteiger partial charge in [0.25, 0.3) is 0 Å². The van der Waals surface area contributed by atoms with E-state index >= 15 is 0 Å². The summed E-state index contributed by atoms with van der Waals surface area (Å²) in [6, 6.07) is 7.75. The molecule has 0 amide bonds. The molecule has 0 aromatic heterocycles. The number of halogens is 4. The molecule has 0 fully saturated rings. The Hall–Kier alpha value is -1.16. The van der Waals surface area contributed by atoms with Crippen LogP contribution in [0.1, 0.15) is 17.2 Å². The summed E-state index contributed by atoms with van der Waals surface area (Å²) in [5.74, 6) is -0.817. The first-order valence-corrected chi connectivity index (χ1v) is 6.37. The molecule has 2 rings (SSSR count). The monoisotopic (exact) mass is 301 g/mol. The van der Waals surface area contributed by atoms with Crippen molar-refractivity contribution in [2.75, 3.05) is 0 Å². The number of benzene rings is 2. The second kappa shape index (κ2) is 5.87. The number of rotatable bonds is 3. The van der Waals surface area contributed by atoms with Crippen LogP contribution in [-0.4, -0.2) is 0 Å². The Morgan fingerprint density at radius 1 is 0.947 bits per heavy atom. The first-order valence-electron chi connectivity index (χ1n) is 5.62. The van der Waals surface area contributed by atoms with E-state index in [1.54, 1.807) is 12.1 Å². The normalized spacial score (nSPS) is 12.5. The zero-order valence-corrected chi connectivity index (χ0v) is 11.3. The summed E-state index contributed by atoms with van der Waals surface area (Å²) in [5.41, 5.74) is 7.37. The van der Waals surface area contributed by atoms with Gasteiger partial charge in [0.15, 0.2) is 0 Å². The summed E-state index contributed by atoms with van der Waals surface area (Å²) < 4.78 is 25.9. The van der Waals surface area contributed by atoms with Crippen LogP contribution in [0.2, 0.25) is 10.0 Å². The van der Waals surface area contributed by atoms with Crippen LogP contribution in [0.25, 0.3) is 0 Å². The lowest BCUT2D eigenvalue weighted by Crippen LogP contribution is -2.14. The molecule has 0 aliphatic rings. The maximum absolute atomic E-state index is 13.0. The van der Waals surface area contributed by atoms with Gasteiger partial charge in [-0.1, -0.05) is 35.3 Å². The molecule has 100 valence electrons. The highest BCUT2D eigenvalue weighted by Crippen LogP contribution is 2.27. The summed E-state index contributed by atoms with van der Waals surface area (Å²) in [6.45, 7) is 0. The van der Waals surface area contributed by atoms with E-state index in [1.165, 1.54) is 24.3 Å². The van der Waals surface area contributed by atoms with Crippen LogP contribution in [0.15, 0.2) is 36.4 Å². The molecule has 2 aromatic rings. The summed E-state index contributed by atoms with van der Waals surface area (Å²) >= 11 is 11.9. The van der Waals surface area contributed by atoms with Gasteiger partial charge >= 0.3 is 0 Å². The van der Waals surface area contributed by atoms with Gasteiger partial charge in [0.05, 0.1) is 0 Å². The van der Waals surface area contributed by atoms with Crippen molar-refractivity contribution in [2.24, 2.45) is 5.73 Å². The molecule has 0 bridgehead atoms. The zero-order valence-electron chi connectivity index (χ0n) is 9.84. The smallest absolute Gasteiger partial charge is 0.124 e. The van der Waals surface area contributed by atoms with Crippen molar-refractivity contribution >= 4 is 23.2 Å². The first-order chi connectivity index (χ1) is 8.97. The van der Waals surface area contributed by atoms with Gasteiger partial charge in [-0.2, -0.15) is 0 Å². The third-order valence-electron chi connectivity index (χ3n) is 2.82. The van der Waals surface area contributed by atoms with E-state index in [9.17, 15) is 8.78 Å². The number of hydrogen-bond donors (Lipinski definition) is 1. The van der Waals surface area contributed by atoms with Crippen molar-refractivity contribution in [2.45, 2.75) is 12.5 Å². The maximum Gasteiger partial charge on any atom is 0.124 e. The Morgan fingerprint density at radius 3 is 2.11 bits per heavy atom. The second-order valence-corrected chi connectivity index (χ2v) is 5.03. The van der Waals surface area contributed by atoms with Gasteiger partial charge in [0.2, 0.25) is 0 Å². The van der Waals surface area contributed by atoms with E-state index in [0.29, 0.717) is 17.0 Å². The Bertz CT molecular complexity index is 602. The molecule has 1 atom stereocenters. The van der Waals surface area contributed by atoms with E-state index in [-0.39, 0.29) is 5.02 Å². The van der Waals surface area contributed by atoms with Crippen LogP contribution in [0, 0.1) is 11.6 Å². The maximum atomic E-state index is 13.0. The molecule has 2 aromatic carbocycles. The van der Waals surface area contributed by atoms with Crippen molar-refractivity contribution in [1.82, 2.24) is 0 Å². The highest BCUT2D eigenvalue weighted by molar-refractivity contribution is 6.31. The molecular weight excluding hydrogens is 291 g/mol. The molecule has 5 heteroatoms. The Morgan fingerprint density at radius 2 is 1.53 bits per heavy atom. The molecule has 0 saturated heterocycles. The molecule has 1 nitrogen and oxygen atoms in total. The van der Waals surface area contributed by atoms with Crippen LogP contribution < -0.4 is 5.73 Å². The van der Waals surface area contributed by atoms with Gasteiger partial charge in [-0.3, -0.25) is 0 Å². The number of hydrogen-bond acceptors (Lipinski definition) is 1. The molecule has 0 radical (unpaired) electrons. The summed E-state index contributed by atoms with van der Waals surface area (Å²) in [7, 11) is 0. The molecule has 0 aliphatic carbocycles. The van der Waals surface area contributed by atoms with E-state index < -0.39 is 17.7 Å². The van der Waals surface area contributed by atoms with Gasteiger partial charge in [-0.15, -0.1) is 0 Å². The molecule has 0 heterocycles. The summed E-state index contributed by atoms with van der Waals surface area (Å²) in [4.78, 5) is 0. The molecule has 19 heavy (non-hydrogen) atoms. The molecule has 0 spiro atoms. The third kappa shape index (κ3) is 3.44. The van der Waals surface area contributed by atoms with E-state index in [2.05, 4.69) is 0 Å². The number of nitrogens with two attached hydrogens (primary N) is 1. The largest absolute Gasteiger partial charge is 0.324 e. The van der Waals surface area contributed by atoms with Crippen LogP contribution in [0.4, 0.5) is 8.78 Å². The SMILES string of the molecule is NC(Cc1ccc(F)cc1Cl)c1ccc(F)cc1Cl. The minimum absolute atomic E-state index is 0.269. The lowest BCUT2D eigenvalue weighted by atomic mass is 9.99.